The molecular formula is C16H24BrNO. The molecule has 0 aliphatic carbocycles. The highest BCUT2D eigenvalue weighted by Gasteiger charge is 2.48. The highest BCUT2D eigenvalue weighted by molar-refractivity contribution is 9.10. The maximum absolute atomic E-state index is 6.55. The van der Waals surface area contributed by atoms with E-state index in [0.29, 0.717) is 5.92 Å². The van der Waals surface area contributed by atoms with Gasteiger partial charge in [-0.05, 0) is 64.3 Å². The monoisotopic (exact) mass is 325 g/mol. The molecule has 19 heavy (non-hydrogen) atoms. The highest BCUT2D eigenvalue weighted by Crippen LogP contribution is 2.47. The Morgan fingerprint density at radius 3 is 2.42 bits per heavy atom. The van der Waals surface area contributed by atoms with Crippen molar-refractivity contribution in [3.8, 4) is 0 Å². The predicted molar refractivity (Wildman–Crippen MR) is 83.2 cm³/mol. The van der Waals surface area contributed by atoms with Gasteiger partial charge in [0.15, 0.2) is 0 Å². The summed E-state index contributed by atoms with van der Waals surface area (Å²) in [6.07, 6.45) is 0.997. The third kappa shape index (κ3) is 3.04. The number of rotatable bonds is 2. The summed E-state index contributed by atoms with van der Waals surface area (Å²) in [4.78, 5) is 0. The van der Waals surface area contributed by atoms with E-state index in [2.05, 4.69) is 68.7 Å². The zero-order valence-corrected chi connectivity index (χ0v) is 14.0. The summed E-state index contributed by atoms with van der Waals surface area (Å²) in [7, 11) is 0. The van der Waals surface area contributed by atoms with Gasteiger partial charge in [0.05, 0.1) is 11.2 Å². The van der Waals surface area contributed by atoms with Crippen molar-refractivity contribution >= 4 is 15.9 Å². The van der Waals surface area contributed by atoms with Crippen LogP contribution >= 0.6 is 15.9 Å². The van der Waals surface area contributed by atoms with E-state index in [-0.39, 0.29) is 17.2 Å². The van der Waals surface area contributed by atoms with Crippen LogP contribution in [0.2, 0.25) is 0 Å². The third-order valence-electron chi connectivity index (χ3n) is 4.17. The Morgan fingerprint density at radius 1 is 1.32 bits per heavy atom. The summed E-state index contributed by atoms with van der Waals surface area (Å²) < 4.78 is 7.27. The van der Waals surface area contributed by atoms with Crippen molar-refractivity contribution in [3.05, 3.63) is 33.8 Å². The van der Waals surface area contributed by atoms with Gasteiger partial charge in [0.25, 0.3) is 0 Å². The molecule has 1 aliphatic rings. The smallest absolute Gasteiger partial charge is 0.0680 e. The highest BCUT2D eigenvalue weighted by atomic mass is 79.9. The van der Waals surface area contributed by atoms with Crippen molar-refractivity contribution in [1.82, 2.24) is 0 Å². The zero-order chi connectivity index (χ0) is 14.4. The van der Waals surface area contributed by atoms with Crippen LogP contribution in [-0.4, -0.2) is 11.2 Å². The van der Waals surface area contributed by atoms with E-state index in [1.165, 1.54) is 11.1 Å². The zero-order valence-electron chi connectivity index (χ0n) is 12.5. The largest absolute Gasteiger partial charge is 0.369 e. The van der Waals surface area contributed by atoms with E-state index in [1.807, 2.05) is 0 Å². The molecule has 1 aromatic rings. The summed E-state index contributed by atoms with van der Waals surface area (Å²) in [6.45, 7) is 10.7. The lowest BCUT2D eigenvalue weighted by Crippen LogP contribution is -2.36. The van der Waals surface area contributed by atoms with E-state index in [4.69, 9.17) is 10.5 Å². The van der Waals surface area contributed by atoms with E-state index >= 15 is 0 Å². The molecular weight excluding hydrogens is 302 g/mol. The molecule has 0 bridgehead atoms. The Balaban J connectivity index is 2.31. The fourth-order valence-electron chi connectivity index (χ4n) is 3.39. The molecule has 1 heterocycles. The number of benzene rings is 1. The van der Waals surface area contributed by atoms with Gasteiger partial charge in [-0.15, -0.1) is 0 Å². The van der Waals surface area contributed by atoms with Gasteiger partial charge in [-0.3, -0.25) is 0 Å². The Hall–Kier alpha value is -0.380. The van der Waals surface area contributed by atoms with Gasteiger partial charge in [-0.1, -0.05) is 22.0 Å². The normalized spacial score (nSPS) is 26.4. The van der Waals surface area contributed by atoms with Gasteiger partial charge in [-0.2, -0.15) is 0 Å². The second-order valence-electron chi connectivity index (χ2n) is 6.80. The van der Waals surface area contributed by atoms with Crippen LogP contribution < -0.4 is 5.73 Å². The molecule has 0 saturated carbocycles. The first-order valence-electron chi connectivity index (χ1n) is 6.84. The average Bonchev–Trinajstić information content (AvgIpc) is 2.45. The maximum Gasteiger partial charge on any atom is 0.0680 e. The number of aryl methyl sites for hydroxylation is 1. The molecule has 1 aliphatic heterocycles. The molecule has 2 N–H and O–H groups in total. The second kappa shape index (κ2) is 4.87. The van der Waals surface area contributed by atoms with Crippen molar-refractivity contribution in [2.75, 3.05) is 0 Å². The second-order valence-corrected chi connectivity index (χ2v) is 7.72. The molecule has 0 radical (unpaired) electrons. The Morgan fingerprint density at radius 2 is 1.95 bits per heavy atom. The SMILES string of the molecule is Cc1cc(Br)ccc1C(N)C1CC(C)(C)OC1(C)C. The molecule has 2 rings (SSSR count). The van der Waals surface area contributed by atoms with Crippen molar-refractivity contribution < 1.29 is 4.74 Å². The lowest BCUT2D eigenvalue weighted by atomic mass is 9.78. The Labute approximate surface area is 124 Å². The van der Waals surface area contributed by atoms with Crippen LogP contribution in [-0.2, 0) is 4.74 Å². The lowest BCUT2D eigenvalue weighted by molar-refractivity contribution is -0.0767. The minimum atomic E-state index is -0.178. The molecule has 1 fully saturated rings. The average molecular weight is 326 g/mol. The van der Waals surface area contributed by atoms with Gasteiger partial charge in [-0.25, -0.2) is 0 Å². The molecule has 0 amide bonds. The summed E-state index contributed by atoms with van der Waals surface area (Å²) in [5.74, 6) is 0.336. The van der Waals surface area contributed by atoms with Gasteiger partial charge in [0.2, 0.25) is 0 Å². The number of nitrogens with two attached hydrogens (primary N) is 1. The van der Waals surface area contributed by atoms with Gasteiger partial charge >= 0.3 is 0 Å². The van der Waals surface area contributed by atoms with Crippen LogP contribution in [0.3, 0.4) is 0 Å². The molecule has 3 heteroatoms. The minimum Gasteiger partial charge on any atom is -0.369 e. The Kier molecular flexibility index (Phi) is 3.85. The number of ether oxygens (including phenoxy) is 1. The van der Waals surface area contributed by atoms with E-state index < -0.39 is 0 Å². The molecule has 1 saturated heterocycles. The van der Waals surface area contributed by atoms with Gasteiger partial charge in [0.1, 0.15) is 0 Å². The predicted octanol–water partition coefficient (Wildman–Crippen LogP) is 4.35. The third-order valence-corrected chi connectivity index (χ3v) is 4.66. The lowest BCUT2D eigenvalue weighted by Gasteiger charge is -2.31. The van der Waals surface area contributed by atoms with Gasteiger partial charge in [0, 0.05) is 16.4 Å². The molecule has 2 unspecified atom stereocenters. The minimum absolute atomic E-state index is 0.0184. The molecule has 0 spiro atoms. The molecule has 106 valence electrons. The number of halogens is 1. The van der Waals surface area contributed by atoms with Crippen molar-refractivity contribution in [1.29, 1.82) is 0 Å². The quantitative estimate of drug-likeness (QED) is 0.877. The first-order valence-corrected chi connectivity index (χ1v) is 7.63. The molecule has 1 aromatic carbocycles. The topological polar surface area (TPSA) is 35.2 Å². The first-order chi connectivity index (χ1) is 8.62. The summed E-state index contributed by atoms with van der Waals surface area (Å²) in [5.41, 5.74) is 8.75. The molecule has 2 nitrogen and oxygen atoms in total. The fraction of sp³-hybridized carbons (Fsp3) is 0.625. The van der Waals surface area contributed by atoms with E-state index in [0.717, 1.165) is 10.9 Å². The van der Waals surface area contributed by atoms with Crippen LogP contribution in [0.5, 0.6) is 0 Å². The van der Waals surface area contributed by atoms with Crippen LogP contribution in [0.15, 0.2) is 22.7 Å². The standard InChI is InChI=1S/C16H24BrNO/c1-10-8-11(17)6-7-12(10)14(18)13-9-15(2,3)19-16(13,4)5/h6-8,13-14H,9,18H2,1-5H3. The van der Waals surface area contributed by atoms with Gasteiger partial charge < -0.3 is 10.5 Å². The summed E-state index contributed by atoms with van der Waals surface area (Å²) >= 11 is 3.50. The summed E-state index contributed by atoms with van der Waals surface area (Å²) in [5, 5.41) is 0. The van der Waals surface area contributed by atoms with Crippen molar-refractivity contribution in [3.63, 3.8) is 0 Å². The van der Waals surface area contributed by atoms with Crippen LogP contribution in [0.1, 0.15) is 51.3 Å². The Bertz CT molecular complexity index is 482. The van der Waals surface area contributed by atoms with Crippen LogP contribution in [0.25, 0.3) is 0 Å². The van der Waals surface area contributed by atoms with E-state index in [1.54, 1.807) is 0 Å². The van der Waals surface area contributed by atoms with Crippen LogP contribution in [0, 0.1) is 12.8 Å². The number of hydrogen-bond acceptors (Lipinski definition) is 2. The molecule has 0 aromatic heterocycles. The van der Waals surface area contributed by atoms with Crippen molar-refractivity contribution in [2.24, 2.45) is 11.7 Å². The first kappa shape index (κ1) is 15.0. The number of hydrogen-bond donors (Lipinski definition) is 1. The molecule has 2 atom stereocenters. The fourth-order valence-corrected chi connectivity index (χ4v) is 3.87. The van der Waals surface area contributed by atoms with E-state index in [9.17, 15) is 0 Å². The van der Waals surface area contributed by atoms with Crippen LogP contribution in [0.4, 0.5) is 0 Å². The summed E-state index contributed by atoms with van der Waals surface area (Å²) in [6, 6.07) is 6.34. The maximum atomic E-state index is 6.55. The van der Waals surface area contributed by atoms with Crippen molar-refractivity contribution in [2.45, 2.75) is 58.3 Å².